The lowest BCUT2D eigenvalue weighted by Crippen LogP contribution is -2.29. The number of fused-ring (bicyclic) bond motifs is 1. The molecule has 1 saturated heterocycles. The van der Waals surface area contributed by atoms with E-state index in [-0.39, 0.29) is 17.5 Å². The molecule has 1 unspecified atom stereocenters. The zero-order chi connectivity index (χ0) is 13.5. The lowest BCUT2D eigenvalue weighted by molar-refractivity contribution is 0.544. The van der Waals surface area contributed by atoms with Crippen LogP contribution in [0.1, 0.15) is 12.2 Å². The molecule has 7 heteroatoms. The fourth-order valence-corrected chi connectivity index (χ4v) is 4.20. The highest BCUT2D eigenvalue weighted by atomic mass is 35.5. The number of H-pyrrole nitrogens is 1. The van der Waals surface area contributed by atoms with Crippen molar-refractivity contribution >= 4 is 32.5 Å². The Labute approximate surface area is 116 Å². The van der Waals surface area contributed by atoms with Crippen molar-refractivity contribution in [3.63, 3.8) is 0 Å². The van der Waals surface area contributed by atoms with Gasteiger partial charge in [-0.1, -0.05) is 11.6 Å². The standard InChI is InChI=1S/C12H14ClN3O2S/c13-8-1-2-10-11(5-8)16-12(15-10)6-14-9-3-4-19(17,18)7-9/h1-2,5,9,14H,3-4,6-7H2,(H,15,16). The first kappa shape index (κ1) is 12.9. The first-order valence-corrected chi connectivity index (χ1v) is 8.30. The van der Waals surface area contributed by atoms with E-state index in [4.69, 9.17) is 11.6 Å². The van der Waals surface area contributed by atoms with E-state index in [2.05, 4.69) is 15.3 Å². The van der Waals surface area contributed by atoms with Crippen LogP contribution in [0.2, 0.25) is 5.02 Å². The van der Waals surface area contributed by atoms with E-state index < -0.39 is 9.84 Å². The molecule has 2 aromatic rings. The molecule has 1 aromatic heterocycles. The predicted molar refractivity (Wildman–Crippen MR) is 75.0 cm³/mol. The number of halogens is 1. The van der Waals surface area contributed by atoms with E-state index in [1.54, 1.807) is 6.07 Å². The number of aromatic amines is 1. The summed E-state index contributed by atoms with van der Waals surface area (Å²) >= 11 is 5.91. The molecular formula is C12H14ClN3O2S. The van der Waals surface area contributed by atoms with E-state index in [1.165, 1.54) is 0 Å². The molecular weight excluding hydrogens is 286 g/mol. The minimum Gasteiger partial charge on any atom is -0.341 e. The maximum atomic E-state index is 11.4. The van der Waals surface area contributed by atoms with Gasteiger partial charge in [-0.15, -0.1) is 0 Å². The smallest absolute Gasteiger partial charge is 0.151 e. The van der Waals surface area contributed by atoms with E-state index >= 15 is 0 Å². The summed E-state index contributed by atoms with van der Waals surface area (Å²) in [6.07, 6.45) is 0.675. The maximum Gasteiger partial charge on any atom is 0.151 e. The molecule has 0 spiro atoms. The van der Waals surface area contributed by atoms with Crippen molar-refractivity contribution < 1.29 is 8.42 Å². The molecule has 1 aromatic carbocycles. The lowest BCUT2D eigenvalue weighted by Gasteiger charge is -2.08. The fourth-order valence-electron chi connectivity index (χ4n) is 2.32. The minimum atomic E-state index is -2.84. The van der Waals surface area contributed by atoms with Gasteiger partial charge < -0.3 is 10.3 Å². The van der Waals surface area contributed by atoms with Gasteiger partial charge in [-0.2, -0.15) is 0 Å². The summed E-state index contributed by atoms with van der Waals surface area (Å²) in [5.41, 5.74) is 1.75. The number of rotatable bonds is 3. The van der Waals surface area contributed by atoms with Crippen LogP contribution >= 0.6 is 11.6 Å². The van der Waals surface area contributed by atoms with Crippen LogP contribution in [0.5, 0.6) is 0 Å². The van der Waals surface area contributed by atoms with Crippen molar-refractivity contribution in [3.05, 3.63) is 29.0 Å². The van der Waals surface area contributed by atoms with Gasteiger partial charge in [0, 0.05) is 11.1 Å². The van der Waals surface area contributed by atoms with Gasteiger partial charge in [0.2, 0.25) is 0 Å². The van der Waals surface area contributed by atoms with Gasteiger partial charge in [-0.25, -0.2) is 13.4 Å². The Morgan fingerprint density at radius 3 is 3.05 bits per heavy atom. The van der Waals surface area contributed by atoms with Crippen LogP contribution in [0.4, 0.5) is 0 Å². The average Bonchev–Trinajstić information content (AvgIpc) is 2.89. The van der Waals surface area contributed by atoms with Crippen molar-refractivity contribution in [3.8, 4) is 0 Å². The van der Waals surface area contributed by atoms with Crippen molar-refractivity contribution in [1.29, 1.82) is 0 Å². The summed E-state index contributed by atoms with van der Waals surface area (Å²) in [5.74, 6) is 1.29. The quantitative estimate of drug-likeness (QED) is 0.900. The van der Waals surface area contributed by atoms with Crippen molar-refractivity contribution in [1.82, 2.24) is 15.3 Å². The molecule has 1 aliphatic rings. The monoisotopic (exact) mass is 299 g/mol. The first-order valence-electron chi connectivity index (χ1n) is 6.10. The van der Waals surface area contributed by atoms with Gasteiger partial charge in [-0.3, -0.25) is 0 Å². The van der Waals surface area contributed by atoms with Crippen LogP contribution in [0.25, 0.3) is 11.0 Å². The van der Waals surface area contributed by atoms with E-state index in [0.717, 1.165) is 16.9 Å². The summed E-state index contributed by atoms with van der Waals surface area (Å²) in [6, 6.07) is 5.51. The third kappa shape index (κ3) is 2.91. The van der Waals surface area contributed by atoms with Crippen LogP contribution in [-0.2, 0) is 16.4 Å². The highest BCUT2D eigenvalue weighted by Gasteiger charge is 2.27. The van der Waals surface area contributed by atoms with Crippen LogP contribution < -0.4 is 5.32 Å². The zero-order valence-corrected chi connectivity index (χ0v) is 11.8. The Bertz CT molecular complexity index is 711. The molecule has 3 rings (SSSR count). The Morgan fingerprint density at radius 1 is 1.47 bits per heavy atom. The van der Waals surface area contributed by atoms with Gasteiger partial charge in [0.1, 0.15) is 5.82 Å². The van der Waals surface area contributed by atoms with Crippen LogP contribution in [0.15, 0.2) is 18.2 Å². The molecule has 2 heterocycles. The molecule has 1 atom stereocenters. The maximum absolute atomic E-state index is 11.4. The van der Waals surface area contributed by atoms with Gasteiger partial charge in [0.25, 0.3) is 0 Å². The molecule has 5 nitrogen and oxygen atoms in total. The number of nitrogens with zero attached hydrogens (tertiary/aromatic N) is 1. The molecule has 0 saturated carbocycles. The molecule has 0 bridgehead atoms. The summed E-state index contributed by atoms with van der Waals surface area (Å²) in [5, 5.41) is 3.89. The molecule has 0 radical (unpaired) electrons. The number of hydrogen-bond acceptors (Lipinski definition) is 4. The topological polar surface area (TPSA) is 74.8 Å². The largest absolute Gasteiger partial charge is 0.341 e. The van der Waals surface area contributed by atoms with Crippen LogP contribution in [-0.4, -0.2) is 35.9 Å². The third-order valence-electron chi connectivity index (χ3n) is 3.28. The number of imidazole rings is 1. The Kier molecular flexibility index (Phi) is 3.24. The average molecular weight is 300 g/mol. The number of nitrogens with one attached hydrogen (secondary N) is 2. The van der Waals surface area contributed by atoms with Crippen LogP contribution in [0, 0.1) is 0 Å². The van der Waals surface area contributed by atoms with E-state index in [1.807, 2.05) is 12.1 Å². The molecule has 1 aliphatic heterocycles. The number of hydrogen-bond donors (Lipinski definition) is 2. The number of benzene rings is 1. The zero-order valence-electron chi connectivity index (χ0n) is 10.2. The van der Waals surface area contributed by atoms with Gasteiger partial charge in [-0.05, 0) is 24.6 Å². The van der Waals surface area contributed by atoms with E-state index in [0.29, 0.717) is 18.0 Å². The highest BCUT2D eigenvalue weighted by Crippen LogP contribution is 2.17. The Balaban J connectivity index is 1.69. The highest BCUT2D eigenvalue weighted by molar-refractivity contribution is 7.91. The van der Waals surface area contributed by atoms with Gasteiger partial charge >= 0.3 is 0 Å². The number of sulfone groups is 1. The molecule has 1 fully saturated rings. The van der Waals surface area contributed by atoms with Gasteiger partial charge in [0.15, 0.2) is 9.84 Å². The molecule has 0 aliphatic carbocycles. The summed E-state index contributed by atoms with van der Waals surface area (Å²) in [7, 11) is -2.84. The number of aromatic nitrogens is 2. The second-order valence-corrected chi connectivity index (χ2v) is 7.49. The molecule has 19 heavy (non-hydrogen) atoms. The predicted octanol–water partition coefficient (Wildman–Crippen LogP) is 1.49. The molecule has 2 N–H and O–H groups in total. The second-order valence-electron chi connectivity index (χ2n) is 4.83. The third-order valence-corrected chi connectivity index (χ3v) is 5.29. The van der Waals surface area contributed by atoms with Crippen molar-refractivity contribution in [2.45, 2.75) is 19.0 Å². The molecule has 102 valence electrons. The van der Waals surface area contributed by atoms with Crippen LogP contribution in [0.3, 0.4) is 0 Å². The molecule has 0 amide bonds. The summed E-state index contributed by atoms with van der Waals surface area (Å²) < 4.78 is 22.7. The first-order chi connectivity index (χ1) is 9.02. The SMILES string of the molecule is O=S1(=O)CCC(NCc2nc3ccc(Cl)cc3[nH]2)C1. The lowest BCUT2D eigenvalue weighted by atomic mass is 10.2. The summed E-state index contributed by atoms with van der Waals surface area (Å²) in [6.45, 7) is 0.534. The normalized spacial score (nSPS) is 22.1. The van der Waals surface area contributed by atoms with E-state index in [9.17, 15) is 8.42 Å². The fraction of sp³-hybridized carbons (Fsp3) is 0.417. The Morgan fingerprint density at radius 2 is 2.32 bits per heavy atom. The van der Waals surface area contributed by atoms with Crippen molar-refractivity contribution in [2.24, 2.45) is 0 Å². The second kappa shape index (κ2) is 4.77. The summed E-state index contributed by atoms with van der Waals surface area (Å²) in [4.78, 5) is 7.60. The Hall–Kier alpha value is -1.11. The van der Waals surface area contributed by atoms with Gasteiger partial charge in [0.05, 0.1) is 29.1 Å². The van der Waals surface area contributed by atoms with Crippen molar-refractivity contribution in [2.75, 3.05) is 11.5 Å². The minimum absolute atomic E-state index is 0.0294.